The summed E-state index contributed by atoms with van der Waals surface area (Å²) in [5.74, 6) is -0.239. The molecule has 0 radical (unpaired) electrons. The van der Waals surface area contributed by atoms with Gasteiger partial charge in [0.1, 0.15) is 5.00 Å². The highest BCUT2D eigenvalue weighted by atomic mass is 79.9. The molecule has 1 aliphatic rings. The van der Waals surface area contributed by atoms with Crippen molar-refractivity contribution in [2.24, 2.45) is 17.1 Å². The molecule has 1 aromatic carbocycles. The van der Waals surface area contributed by atoms with Crippen molar-refractivity contribution in [1.82, 2.24) is 5.32 Å². The van der Waals surface area contributed by atoms with Crippen LogP contribution in [0.4, 0.5) is 5.00 Å². The van der Waals surface area contributed by atoms with Gasteiger partial charge in [0.15, 0.2) is 5.11 Å². The number of carbonyl (C=O) groups excluding carboxylic acids is 2. The fourth-order valence-electron chi connectivity index (χ4n) is 3.58. The van der Waals surface area contributed by atoms with Gasteiger partial charge < -0.3 is 11.1 Å². The van der Waals surface area contributed by atoms with Crippen LogP contribution in [0.15, 0.2) is 28.7 Å². The summed E-state index contributed by atoms with van der Waals surface area (Å²) < 4.78 is 0.888. The Hall–Kier alpha value is -1.77. The van der Waals surface area contributed by atoms with Crippen LogP contribution in [0.1, 0.15) is 58.3 Å². The third kappa shape index (κ3) is 5.05. The number of carbonyl (C=O) groups is 2. The molecule has 29 heavy (non-hydrogen) atoms. The zero-order chi connectivity index (χ0) is 21.3. The van der Waals surface area contributed by atoms with E-state index in [1.807, 2.05) is 0 Å². The van der Waals surface area contributed by atoms with Crippen LogP contribution in [0, 0.1) is 11.3 Å². The normalized spacial score (nSPS) is 16.1. The molecular weight excluding hydrogens is 470 g/mol. The van der Waals surface area contributed by atoms with E-state index >= 15 is 0 Å². The monoisotopic (exact) mass is 493 g/mol. The third-order valence-electron chi connectivity index (χ3n) is 5.30. The Kier molecular flexibility index (Phi) is 6.45. The zero-order valence-electron chi connectivity index (χ0n) is 16.6. The second kappa shape index (κ2) is 8.53. The molecule has 0 saturated heterocycles. The summed E-state index contributed by atoms with van der Waals surface area (Å²) >= 11 is 10.2. The van der Waals surface area contributed by atoms with Crippen LogP contribution in [0.25, 0.3) is 0 Å². The number of nitrogens with one attached hydrogen (secondary N) is 2. The number of primary amides is 1. The van der Waals surface area contributed by atoms with E-state index in [1.165, 1.54) is 16.2 Å². The summed E-state index contributed by atoms with van der Waals surface area (Å²) in [5.41, 5.74) is 7.89. The van der Waals surface area contributed by atoms with Crippen molar-refractivity contribution in [3.63, 3.8) is 0 Å². The van der Waals surface area contributed by atoms with E-state index in [4.69, 9.17) is 18.0 Å². The van der Waals surface area contributed by atoms with E-state index in [9.17, 15) is 9.59 Å². The highest BCUT2D eigenvalue weighted by Crippen LogP contribution is 2.44. The van der Waals surface area contributed by atoms with E-state index in [1.54, 1.807) is 24.3 Å². The largest absolute Gasteiger partial charge is 0.365 e. The van der Waals surface area contributed by atoms with Gasteiger partial charge in [0.2, 0.25) is 0 Å². The Morgan fingerprint density at radius 3 is 2.48 bits per heavy atom. The Bertz CT molecular complexity index is 962. The number of amides is 2. The van der Waals surface area contributed by atoms with Crippen molar-refractivity contribution >= 4 is 61.4 Å². The summed E-state index contributed by atoms with van der Waals surface area (Å²) in [5, 5.41) is 6.44. The Morgan fingerprint density at radius 2 is 1.90 bits per heavy atom. The van der Waals surface area contributed by atoms with Crippen LogP contribution in [-0.2, 0) is 12.8 Å². The highest BCUT2D eigenvalue weighted by molar-refractivity contribution is 9.10. The molecule has 2 aromatic rings. The van der Waals surface area contributed by atoms with Gasteiger partial charge in [-0.1, -0.05) is 36.7 Å². The lowest BCUT2D eigenvalue weighted by molar-refractivity contribution is 0.0975. The summed E-state index contributed by atoms with van der Waals surface area (Å²) in [7, 11) is 0. The number of rotatable bonds is 3. The molecule has 1 atom stereocenters. The lowest BCUT2D eigenvalue weighted by atomic mass is 9.72. The molecule has 1 aliphatic carbocycles. The van der Waals surface area contributed by atoms with Crippen molar-refractivity contribution in [1.29, 1.82) is 0 Å². The zero-order valence-corrected chi connectivity index (χ0v) is 19.8. The topological polar surface area (TPSA) is 84.2 Å². The predicted molar refractivity (Wildman–Crippen MR) is 126 cm³/mol. The third-order valence-corrected chi connectivity index (χ3v) is 7.20. The predicted octanol–water partition coefficient (Wildman–Crippen LogP) is 4.89. The minimum atomic E-state index is -0.471. The quantitative estimate of drug-likeness (QED) is 0.531. The SMILES string of the molecule is CC(C)(C)C1CCc2c(sc(NC(=S)NC(=O)c3ccc(Br)cc3)c2C(N)=O)C1. The summed E-state index contributed by atoms with van der Waals surface area (Å²) in [6.45, 7) is 6.74. The minimum Gasteiger partial charge on any atom is -0.365 e. The van der Waals surface area contributed by atoms with Crippen molar-refractivity contribution in [3.05, 3.63) is 50.3 Å². The molecule has 1 heterocycles. The molecule has 2 amide bonds. The molecule has 5 nitrogen and oxygen atoms in total. The van der Waals surface area contributed by atoms with Crippen LogP contribution >= 0.6 is 39.5 Å². The van der Waals surface area contributed by atoms with Crippen LogP contribution in [0.3, 0.4) is 0 Å². The maximum absolute atomic E-state index is 12.4. The van der Waals surface area contributed by atoms with E-state index in [-0.39, 0.29) is 16.4 Å². The smallest absolute Gasteiger partial charge is 0.257 e. The Labute approximate surface area is 188 Å². The molecule has 8 heteroatoms. The van der Waals surface area contributed by atoms with Crippen LogP contribution < -0.4 is 16.4 Å². The molecule has 0 fully saturated rings. The average Bonchev–Trinajstić information content (AvgIpc) is 2.98. The number of anilines is 1. The van der Waals surface area contributed by atoms with Gasteiger partial charge in [-0.3, -0.25) is 14.9 Å². The molecule has 4 N–H and O–H groups in total. The first-order chi connectivity index (χ1) is 13.6. The van der Waals surface area contributed by atoms with E-state index < -0.39 is 5.91 Å². The molecular formula is C21H24BrN3O2S2. The molecule has 0 spiro atoms. The van der Waals surface area contributed by atoms with E-state index in [2.05, 4.69) is 47.3 Å². The second-order valence-corrected chi connectivity index (χ2v) is 10.7. The maximum atomic E-state index is 12.4. The number of fused-ring (bicyclic) bond motifs is 1. The standard InChI is InChI=1S/C21H24BrN3O2S2/c1-21(2,3)12-6-9-14-15(10-12)29-19(16(14)17(23)26)25-20(28)24-18(27)11-4-7-13(22)8-5-11/h4-5,7-8,12H,6,9-10H2,1-3H3,(H2,23,26)(H2,24,25,27,28). The number of thiophene rings is 1. The van der Waals surface area contributed by atoms with E-state index in [0.717, 1.165) is 29.3 Å². The number of hydrogen-bond acceptors (Lipinski definition) is 4. The van der Waals surface area contributed by atoms with Gasteiger partial charge in [-0.25, -0.2) is 0 Å². The van der Waals surface area contributed by atoms with Crippen molar-refractivity contribution < 1.29 is 9.59 Å². The molecule has 0 bridgehead atoms. The van der Waals surface area contributed by atoms with Crippen molar-refractivity contribution in [2.75, 3.05) is 5.32 Å². The highest BCUT2D eigenvalue weighted by Gasteiger charge is 2.33. The van der Waals surface area contributed by atoms with E-state index in [0.29, 0.717) is 22.0 Å². The minimum absolute atomic E-state index is 0.145. The van der Waals surface area contributed by atoms with Gasteiger partial charge in [0, 0.05) is 14.9 Å². The molecule has 1 aromatic heterocycles. The lowest BCUT2D eigenvalue weighted by Crippen LogP contribution is -2.34. The first-order valence-electron chi connectivity index (χ1n) is 9.38. The second-order valence-electron chi connectivity index (χ2n) is 8.29. The summed E-state index contributed by atoms with van der Waals surface area (Å²) in [4.78, 5) is 25.7. The first-order valence-corrected chi connectivity index (χ1v) is 11.4. The van der Waals surface area contributed by atoms with Gasteiger partial charge in [-0.05, 0) is 72.6 Å². The average molecular weight is 494 g/mol. The van der Waals surface area contributed by atoms with Gasteiger partial charge in [-0.2, -0.15) is 0 Å². The van der Waals surface area contributed by atoms with Crippen molar-refractivity contribution in [3.8, 4) is 0 Å². The van der Waals surface area contributed by atoms with Gasteiger partial charge in [0.25, 0.3) is 11.8 Å². The molecule has 1 unspecified atom stereocenters. The van der Waals surface area contributed by atoms with Gasteiger partial charge in [0.05, 0.1) is 5.56 Å². The molecule has 154 valence electrons. The summed E-state index contributed by atoms with van der Waals surface area (Å²) in [6.07, 6.45) is 2.77. The first kappa shape index (κ1) is 21.9. The van der Waals surface area contributed by atoms with Gasteiger partial charge >= 0.3 is 0 Å². The number of nitrogens with two attached hydrogens (primary N) is 1. The number of benzene rings is 1. The van der Waals surface area contributed by atoms with Crippen molar-refractivity contribution in [2.45, 2.75) is 40.0 Å². The fraction of sp³-hybridized carbons (Fsp3) is 0.381. The summed E-state index contributed by atoms with van der Waals surface area (Å²) in [6, 6.07) is 6.98. The molecule has 0 aliphatic heterocycles. The van der Waals surface area contributed by atoms with Crippen LogP contribution in [0.5, 0.6) is 0 Å². The van der Waals surface area contributed by atoms with Crippen LogP contribution in [0.2, 0.25) is 0 Å². The number of thiocarbonyl (C=S) groups is 1. The number of hydrogen-bond donors (Lipinski definition) is 3. The maximum Gasteiger partial charge on any atom is 0.257 e. The lowest BCUT2D eigenvalue weighted by Gasteiger charge is -2.33. The van der Waals surface area contributed by atoms with Crippen LogP contribution in [-0.4, -0.2) is 16.9 Å². The number of halogens is 1. The van der Waals surface area contributed by atoms with Gasteiger partial charge in [-0.15, -0.1) is 11.3 Å². The Morgan fingerprint density at radius 1 is 1.24 bits per heavy atom. The fourth-order valence-corrected chi connectivity index (χ4v) is 5.45. The molecule has 0 saturated carbocycles. The molecule has 3 rings (SSSR count). The Balaban J connectivity index is 1.77.